The van der Waals surface area contributed by atoms with Gasteiger partial charge in [-0.3, -0.25) is 4.79 Å². The van der Waals surface area contributed by atoms with E-state index in [-0.39, 0.29) is 5.37 Å². The third kappa shape index (κ3) is 1.58. The van der Waals surface area contributed by atoms with Gasteiger partial charge in [-0.15, -0.1) is 11.3 Å². The summed E-state index contributed by atoms with van der Waals surface area (Å²) in [5.41, 5.74) is 1.97. The molecule has 3 aliphatic rings. The van der Waals surface area contributed by atoms with E-state index in [2.05, 4.69) is 11.4 Å². The first-order chi connectivity index (χ1) is 9.22. The van der Waals surface area contributed by atoms with Crippen LogP contribution in [0.3, 0.4) is 0 Å². The fourth-order valence-corrected chi connectivity index (χ4v) is 6.16. The van der Waals surface area contributed by atoms with Crippen LogP contribution in [0.4, 0.5) is 4.79 Å². The summed E-state index contributed by atoms with van der Waals surface area (Å²) in [6.45, 7) is 0.846. The standard InChI is InChI=1S/C15H18ClNOS/c16-14(18)17-7-6-15-5-2-1-3-10(15)12(17)9-13-11(15)4-8-19-13/h4,8,10,12H,1-3,5-7,9H2/t10?,12-,15-/m0/s1. The summed E-state index contributed by atoms with van der Waals surface area (Å²) in [5.74, 6) is 0.639. The number of likely N-dealkylation sites (tertiary alicyclic amines) is 1. The van der Waals surface area contributed by atoms with Gasteiger partial charge < -0.3 is 4.90 Å². The Morgan fingerprint density at radius 2 is 2.32 bits per heavy atom. The second-order valence-electron chi connectivity index (χ2n) is 6.23. The van der Waals surface area contributed by atoms with E-state index < -0.39 is 0 Å². The first-order valence-corrected chi connectivity index (χ1v) is 8.51. The molecule has 4 heteroatoms. The molecule has 19 heavy (non-hydrogen) atoms. The van der Waals surface area contributed by atoms with E-state index in [4.69, 9.17) is 11.6 Å². The van der Waals surface area contributed by atoms with Crippen LogP contribution in [0.15, 0.2) is 11.4 Å². The van der Waals surface area contributed by atoms with Crippen LogP contribution in [0, 0.1) is 5.92 Å². The quantitative estimate of drug-likeness (QED) is 0.520. The molecule has 1 unspecified atom stereocenters. The molecule has 0 N–H and O–H groups in total. The van der Waals surface area contributed by atoms with Crippen molar-refractivity contribution in [2.24, 2.45) is 5.92 Å². The lowest BCUT2D eigenvalue weighted by atomic mass is 9.54. The second kappa shape index (κ2) is 4.23. The Hall–Kier alpha value is -0.540. The normalized spacial score (nSPS) is 36.6. The molecule has 102 valence electrons. The highest BCUT2D eigenvalue weighted by molar-refractivity contribution is 7.10. The molecule has 0 aromatic carbocycles. The lowest BCUT2D eigenvalue weighted by Gasteiger charge is -2.57. The van der Waals surface area contributed by atoms with Gasteiger partial charge in [0.15, 0.2) is 0 Å². The number of hydrogen-bond acceptors (Lipinski definition) is 2. The van der Waals surface area contributed by atoms with Crippen LogP contribution in [-0.2, 0) is 11.8 Å². The number of halogens is 1. The van der Waals surface area contributed by atoms with E-state index in [0.717, 1.165) is 19.4 Å². The predicted octanol–water partition coefficient (Wildman–Crippen LogP) is 4.17. The monoisotopic (exact) mass is 295 g/mol. The Bertz CT molecular complexity index is 528. The van der Waals surface area contributed by atoms with Crippen molar-refractivity contribution in [3.8, 4) is 0 Å². The second-order valence-corrected chi connectivity index (χ2v) is 7.56. The fraction of sp³-hybridized carbons (Fsp3) is 0.667. The molecule has 2 aliphatic carbocycles. The van der Waals surface area contributed by atoms with Crippen LogP contribution in [-0.4, -0.2) is 22.9 Å². The molecule has 1 saturated heterocycles. The van der Waals surface area contributed by atoms with Gasteiger partial charge in [0.1, 0.15) is 0 Å². The van der Waals surface area contributed by atoms with Gasteiger partial charge in [-0.1, -0.05) is 12.8 Å². The minimum atomic E-state index is -0.246. The maximum atomic E-state index is 11.7. The van der Waals surface area contributed by atoms with Gasteiger partial charge in [0.05, 0.1) is 0 Å². The maximum absolute atomic E-state index is 11.7. The molecular weight excluding hydrogens is 278 g/mol. The minimum Gasteiger partial charge on any atom is -0.326 e. The summed E-state index contributed by atoms with van der Waals surface area (Å²) >= 11 is 7.69. The van der Waals surface area contributed by atoms with E-state index in [0.29, 0.717) is 17.4 Å². The highest BCUT2D eigenvalue weighted by atomic mass is 35.5. The highest BCUT2D eigenvalue weighted by Gasteiger charge is 2.54. The third-order valence-corrected chi connectivity index (χ3v) is 6.82. The Labute approximate surface area is 122 Å². The van der Waals surface area contributed by atoms with Gasteiger partial charge in [0, 0.05) is 29.3 Å². The number of hydrogen-bond donors (Lipinski definition) is 0. The van der Waals surface area contributed by atoms with Crippen molar-refractivity contribution >= 4 is 28.3 Å². The van der Waals surface area contributed by atoms with E-state index >= 15 is 0 Å². The number of rotatable bonds is 0. The van der Waals surface area contributed by atoms with Gasteiger partial charge in [-0.05, 0) is 53.8 Å². The van der Waals surface area contributed by atoms with Gasteiger partial charge in [0.25, 0.3) is 0 Å². The number of carbonyl (C=O) groups is 1. The molecule has 1 saturated carbocycles. The predicted molar refractivity (Wildman–Crippen MR) is 78.0 cm³/mol. The lowest BCUT2D eigenvalue weighted by Crippen LogP contribution is -2.61. The van der Waals surface area contributed by atoms with Crippen LogP contribution in [0.1, 0.15) is 42.5 Å². The topological polar surface area (TPSA) is 20.3 Å². The van der Waals surface area contributed by atoms with Crippen LogP contribution >= 0.6 is 22.9 Å². The molecule has 1 aromatic heterocycles. The lowest BCUT2D eigenvalue weighted by molar-refractivity contribution is 0.0171. The first-order valence-electron chi connectivity index (χ1n) is 7.25. The van der Waals surface area contributed by atoms with E-state index in [1.807, 2.05) is 16.2 Å². The van der Waals surface area contributed by atoms with Crippen molar-refractivity contribution < 1.29 is 4.79 Å². The van der Waals surface area contributed by atoms with E-state index in [1.54, 1.807) is 5.56 Å². The molecule has 0 radical (unpaired) electrons. The molecule has 1 aromatic rings. The van der Waals surface area contributed by atoms with Crippen LogP contribution in [0.25, 0.3) is 0 Å². The van der Waals surface area contributed by atoms with Crippen molar-refractivity contribution in [3.05, 3.63) is 21.9 Å². The highest BCUT2D eigenvalue weighted by Crippen LogP contribution is 2.56. The molecule has 2 bridgehead atoms. The average molecular weight is 296 g/mol. The Balaban J connectivity index is 1.84. The largest absolute Gasteiger partial charge is 0.326 e. The fourth-order valence-electron chi connectivity index (χ4n) is 4.91. The van der Waals surface area contributed by atoms with Gasteiger partial charge in [-0.25, -0.2) is 0 Å². The summed E-state index contributed by atoms with van der Waals surface area (Å²) in [6, 6.07) is 2.71. The third-order valence-electron chi connectivity index (χ3n) is 5.66. The Kier molecular flexibility index (Phi) is 2.72. The molecule has 2 heterocycles. The summed E-state index contributed by atoms with van der Waals surface area (Å²) < 4.78 is 0. The van der Waals surface area contributed by atoms with E-state index in [9.17, 15) is 4.79 Å². The van der Waals surface area contributed by atoms with Gasteiger partial charge in [-0.2, -0.15) is 0 Å². The van der Waals surface area contributed by atoms with E-state index in [1.165, 1.54) is 30.6 Å². The number of fused-ring (bicyclic) bond motifs is 1. The van der Waals surface area contributed by atoms with Crippen molar-refractivity contribution in [3.63, 3.8) is 0 Å². The molecule has 2 fully saturated rings. The van der Waals surface area contributed by atoms with Crippen molar-refractivity contribution in [2.75, 3.05) is 6.54 Å². The molecule has 2 nitrogen and oxygen atoms in total. The number of nitrogens with zero attached hydrogens (tertiary/aromatic N) is 1. The number of piperidine rings is 1. The number of thiophene rings is 1. The molecule has 1 amide bonds. The summed E-state index contributed by atoms with van der Waals surface area (Å²) in [5, 5.41) is 1.99. The van der Waals surface area contributed by atoms with Crippen molar-refractivity contribution in [2.45, 2.75) is 50.0 Å². The number of carbonyl (C=O) groups excluding carboxylic acids is 1. The smallest absolute Gasteiger partial charge is 0.316 e. The zero-order valence-corrected chi connectivity index (χ0v) is 12.5. The van der Waals surface area contributed by atoms with Crippen LogP contribution in [0.2, 0.25) is 0 Å². The Morgan fingerprint density at radius 3 is 3.16 bits per heavy atom. The minimum absolute atomic E-state index is 0.246. The average Bonchev–Trinajstić information content (AvgIpc) is 2.87. The summed E-state index contributed by atoms with van der Waals surface area (Å²) in [6.07, 6.45) is 7.36. The van der Waals surface area contributed by atoms with Crippen LogP contribution < -0.4 is 0 Å². The molecule has 4 rings (SSSR count). The first kappa shape index (κ1) is 12.2. The Morgan fingerprint density at radius 1 is 1.42 bits per heavy atom. The van der Waals surface area contributed by atoms with Gasteiger partial charge >= 0.3 is 5.37 Å². The maximum Gasteiger partial charge on any atom is 0.316 e. The molecule has 1 aliphatic heterocycles. The summed E-state index contributed by atoms with van der Waals surface area (Å²) in [7, 11) is 0. The number of amides is 1. The molecule has 0 spiro atoms. The summed E-state index contributed by atoms with van der Waals surface area (Å²) in [4.78, 5) is 15.2. The zero-order valence-electron chi connectivity index (χ0n) is 10.9. The van der Waals surface area contributed by atoms with Gasteiger partial charge in [0.2, 0.25) is 0 Å². The van der Waals surface area contributed by atoms with Crippen molar-refractivity contribution in [1.82, 2.24) is 4.90 Å². The SMILES string of the molecule is O=C(Cl)N1CC[C@@]23CCCCC2[C@@H]1Cc1sccc13. The van der Waals surface area contributed by atoms with Crippen molar-refractivity contribution in [1.29, 1.82) is 0 Å². The molecule has 3 atom stereocenters. The zero-order chi connectivity index (χ0) is 13.0. The van der Waals surface area contributed by atoms with Crippen LogP contribution in [0.5, 0.6) is 0 Å². The molecular formula is C15H18ClNOS.